The fourth-order valence-electron chi connectivity index (χ4n) is 3.08. The maximum absolute atomic E-state index is 4.87. The van der Waals surface area contributed by atoms with Gasteiger partial charge in [0.25, 0.3) is 0 Å². The van der Waals surface area contributed by atoms with E-state index in [-0.39, 0.29) is 0 Å². The van der Waals surface area contributed by atoms with E-state index in [2.05, 4.69) is 61.7 Å². The first-order valence-corrected chi connectivity index (χ1v) is 9.49. The smallest absolute Gasteiger partial charge is 0.193 e. The Morgan fingerprint density at radius 3 is 2.70 bits per heavy atom. The van der Waals surface area contributed by atoms with Gasteiger partial charge in [0.05, 0.1) is 5.69 Å². The predicted molar refractivity (Wildman–Crippen MR) is 100 cm³/mol. The third-order valence-electron chi connectivity index (χ3n) is 4.34. The maximum atomic E-state index is 4.87. The zero-order valence-electron chi connectivity index (χ0n) is 15.4. The molecule has 1 saturated heterocycles. The van der Waals surface area contributed by atoms with E-state index >= 15 is 0 Å². The molecule has 0 atom stereocenters. The number of rotatable bonds is 4. The van der Waals surface area contributed by atoms with Gasteiger partial charge < -0.3 is 10.2 Å². The molecule has 2 rings (SSSR count). The molecule has 0 saturated carbocycles. The molecule has 1 aliphatic rings. The number of thioether (sulfide) groups is 1. The minimum absolute atomic E-state index is 0.297. The van der Waals surface area contributed by atoms with Crippen LogP contribution >= 0.6 is 11.8 Å². The van der Waals surface area contributed by atoms with Crippen molar-refractivity contribution in [2.45, 2.75) is 45.8 Å². The van der Waals surface area contributed by atoms with Crippen LogP contribution in [0.5, 0.6) is 0 Å². The first kappa shape index (κ1) is 18.2. The molecule has 0 bridgehead atoms. The second-order valence-electron chi connectivity index (χ2n) is 6.79. The number of aromatic nitrogens is 2. The van der Waals surface area contributed by atoms with Crippen LogP contribution in [0.25, 0.3) is 0 Å². The molecule has 1 aromatic heterocycles. The molecule has 0 radical (unpaired) electrons. The zero-order chi connectivity index (χ0) is 17.0. The van der Waals surface area contributed by atoms with Crippen molar-refractivity contribution in [1.29, 1.82) is 0 Å². The third kappa shape index (κ3) is 4.66. The van der Waals surface area contributed by atoms with Crippen LogP contribution < -0.4 is 5.32 Å². The minimum Gasteiger partial charge on any atom is -0.357 e. The molecule has 1 aromatic rings. The molecule has 0 aliphatic carbocycles. The Labute approximate surface area is 144 Å². The van der Waals surface area contributed by atoms with Gasteiger partial charge in [-0.25, -0.2) is 0 Å². The Bertz CT molecular complexity index is 562. The number of nitrogens with one attached hydrogen (secondary N) is 1. The Balaban J connectivity index is 2.04. The number of aryl methyl sites for hydroxylation is 2. The van der Waals surface area contributed by atoms with Crippen molar-refractivity contribution in [3.05, 3.63) is 17.0 Å². The lowest BCUT2D eigenvalue weighted by molar-refractivity contribution is 0.376. The van der Waals surface area contributed by atoms with Crippen molar-refractivity contribution in [1.82, 2.24) is 20.0 Å². The van der Waals surface area contributed by atoms with Crippen LogP contribution in [0.4, 0.5) is 0 Å². The zero-order valence-corrected chi connectivity index (χ0v) is 16.3. The van der Waals surface area contributed by atoms with Gasteiger partial charge in [-0.3, -0.25) is 9.67 Å². The quantitative estimate of drug-likeness (QED) is 0.677. The van der Waals surface area contributed by atoms with Gasteiger partial charge in [0, 0.05) is 49.4 Å². The molecule has 23 heavy (non-hydrogen) atoms. The van der Waals surface area contributed by atoms with Gasteiger partial charge in [-0.2, -0.15) is 16.9 Å². The van der Waals surface area contributed by atoms with E-state index in [4.69, 9.17) is 4.99 Å². The monoisotopic (exact) mass is 337 g/mol. The molecule has 0 spiro atoms. The number of hydrogen-bond donors (Lipinski definition) is 1. The van der Waals surface area contributed by atoms with Crippen molar-refractivity contribution in [3.8, 4) is 0 Å². The standard InChI is InChI=1S/C17H31N5S/c1-7-18-16(22-10-11-23-17(4,5)12-22)19-9-8-15-13(2)20-21(6)14(15)3/h7-12H2,1-6H3,(H,18,19). The van der Waals surface area contributed by atoms with Crippen molar-refractivity contribution < 1.29 is 0 Å². The average Bonchev–Trinajstić information content (AvgIpc) is 2.71. The topological polar surface area (TPSA) is 45.5 Å². The molecular formula is C17H31N5S. The van der Waals surface area contributed by atoms with Crippen LogP contribution in [0.15, 0.2) is 4.99 Å². The summed E-state index contributed by atoms with van der Waals surface area (Å²) >= 11 is 2.05. The first-order valence-electron chi connectivity index (χ1n) is 8.50. The minimum atomic E-state index is 0.297. The van der Waals surface area contributed by atoms with Gasteiger partial charge in [0.15, 0.2) is 5.96 Å². The molecule has 6 heteroatoms. The normalized spacial score (nSPS) is 18.3. The molecule has 2 heterocycles. The summed E-state index contributed by atoms with van der Waals surface area (Å²) in [6.45, 7) is 14.8. The van der Waals surface area contributed by atoms with E-state index in [0.717, 1.165) is 50.0 Å². The summed E-state index contributed by atoms with van der Waals surface area (Å²) in [5.74, 6) is 2.22. The van der Waals surface area contributed by atoms with Crippen LogP contribution in [0.3, 0.4) is 0 Å². The van der Waals surface area contributed by atoms with Crippen LogP contribution in [0, 0.1) is 13.8 Å². The van der Waals surface area contributed by atoms with Gasteiger partial charge >= 0.3 is 0 Å². The predicted octanol–water partition coefficient (Wildman–Crippen LogP) is 2.37. The highest BCUT2D eigenvalue weighted by atomic mass is 32.2. The van der Waals surface area contributed by atoms with E-state index in [1.165, 1.54) is 11.3 Å². The van der Waals surface area contributed by atoms with Crippen LogP contribution in [-0.2, 0) is 13.5 Å². The average molecular weight is 338 g/mol. The number of aliphatic imine (C=N–C) groups is 1. The largest absolute Gasteiger partial charge is 0.357 e. The lowest BCUT2D eigenvalue weighted by atomic mass is 10.1. The molecular weight excluding hydrogens is 306 g/mol. The van der Waals surface area contributed by atoms with E-state index in [1.54, 1.807) is 0 Å². The molecule has 130 valence electrons. The highest BCUT2D eigenvalue weighted by Crippen LogP contribution is 2.29. The fraction of sp³-hybridized carbons (Fsp3) is 0.765. The summed E-state index contributed by atoms with van der Waals surface area (Å²) in [6, 6.07) is 0. The fourth-order valence-corrected chi connectivity index (χ4v) is 4.19. The van der Waals surface area contributed by atoms with Gasteiger partial charge in [-0.15, -0.1) is 0 Å². The van der Waals surface area contributed by atoms with Gasteiger partial charge in [0.1, 0.15) is 0 Å². The van der Waals surface area contributed by atoms with Crippen molar-refractivity contribution in [3.63, 3.8) is 0 Å². The molecule has 0 amide bonds. The van der Waals surface area contributed by atoms with Crippen molar-refractivity contribution in [2.24, 2.45) is 12.0 Å². The number of nitrogens with zero attached hydrogens (tertiary/aromatic N) is 4. The van der Waals surface area contributed by atoms with Crippen molar-refractivity contribution >= 4 is 17.7 Å². The summed E-state index contributed by atoms with van der Waals surface area (Å²) in [6.07, 6.45) is 0.951. The van der Waals surface area contributed by atoms with Gasteiger partial charge in [-0.05, 0) is 46.6 Å². The SMILES string of the molecule is CCNC(=NCCc1c(C)nn(C)c1C)N1CCSC(C)(C)C1. The molecule has 5 nitrogen and oxygen atoms in total. The van der Waals surface area contributed by atoms with Crippen LogP contribution in [0.1, 0.15) is 37.7 Å². The first-order chi connectivity index (χ1) is 10.8. The Morgan fingerprint density at radius 2 is 2.13 bits per heavy atom. The van der Waals surface area contributed by atoms with Crippen molar-refractivity contribution in [2.75, 3.05) is 31.9 Å². The molecule has 0 unspecified atom stereocenters. The summed E-state index contributed by atoms with van der Waals surface area (Å²) in [5.41, 5.74) is 3.71. The third-order valence-corrected chi connectivity index (χ3v) is 5.64. The van der Waals surface area contributed by atoms with Gasteiger partial charge in [0.2, 0.25) is 0 Å². The number of hydrogen-bond acceptors (Lipinski definition) is 3. The Morgan fingerprint density at radius 1 is 1.39 bits per heavy atom. The molecule has 1 N–H and O–H groups in total. The summed E-state index contributed by atoms with van der Waals surface area (Å²) < 4.78 is 2.26. The highest BCUT2D eigenvalue weighted by Gasteiger charge is 2.28. The number of guanidine groups is 1. The second kappa shape index (κ2) is 7.60. The van der Waals surface area contributed by atoms with Crippen LogP contribution in [0.2, 0.25) is 0 Å². The molecule has 1 aliphatic heterocycles. The van der Waals surface area contributed by atoms with E-state index in [1.807, 2.05) is 11.7 Å². The lowest BCUT2D eigenvalue weighted by Crippen LogP contribution is -2.51. The summed E-state index contributed by atoms with van der Waals surface area (Å²) in [5, 5.41) is 7.95. The maximum Gasteiger partial charge on any atom is 0.193 e. The lowest BCUT2D eigenvalue weighted by Gasteiger charge is -2.39. The van der Waals surface area contributed by atoms with E-state index in [0.29, 0.717) is 4.75 Å². The Kier molecular flexibility index (Phi) is 6.00. The molecule has 0 aromatic carbocycles. The summed E-state index contributed by atoms with van der Waals surface area (Å²) in [4.78, 5) is 7.28. The van der Waals surface area contributed by atoms with Gasteiger partial charge in [-0.1, -0.05) is 0 Å². The van der Waals surface area contributed by atoms with E-state index < -0.39 is 0 Å². The van der Waals surface area contributed by atoms with Crippen LogP contribution in [-0.4, -0.2) is 57.3 Å². The second-order valence-corrected chi connectivity index (χ2v) is 8.59. The molecule has 1 fully saturated rings. The Hall–Kier alpha value is -1.17. The van der Waals surface area contributed by atoms with E-state index in [9.17, 15) is 0 Å². The highest BCUT2D eigenvalue weighted by molar-refractivity contribution is 8.00. The summed E-state index contributed by atoms with van der Waals surface area (Å²) in [7, 11) is 2.01.